The van der Waals surface area contributed by atoms with E-state index in [9.17, 15) is 4.79 Å². The smallest absolute Gasteiger partial charge is 0.224 e. The molecule has 6 nitrogen and oxygen atoms in total. The van der Waals surface area contributed by atoms with Crippen LogP contribution < -0.4 is 24.3 Å². The highest BCUT2D eigenvalue weighted by molar-refractivity contribution is 6.30. The Morgan fingerprint density at radius 3 is 2.22 bits per heavy atom. The molecule has 0 radical (unpaired) electrons. The average molecular weight is 394 g/mol. The number of anilines is 1. The van der Waals surface area contributed by atoms with Crippen molar-refractivity contribution in [3.05, 3.63) is 40.9 Å². The molecule has 2 aromatic rings. The van der Waals surface area contributed by atoms with Gasteiger partial charge in [0.2, 0.25) is 11.7 Å². The van der Waals surface area contributed by atoms with Gasteiger partial charge in [-0.3, -0.25) is 4.79 Å². The Balaban J connectivity index is 1.88. The lowest BCUT2D eigenvalue weighted by molar-refractivity contribution is -0.116. The molecule has 0 saturated carbocycles. The maximum Gasteiger partial charge on any atom is 0.224 e. The number of hydrogen-bond acceptors (Lipinski definition) is 5. The molecule has 0 aliphatic rings. The van der Waals surface area contributed by atoms with Crippen molar-refractivity contribution in [1.29, 1.82) is 0 Å². The van der Waals surface area contributed by atoms with E-state index in [1.807, 2.05) is 19.1 Å². The highest BCUT2D eigenvalue weighted by atomic mass is 35.5. The number of halogens is 1. The van der Waals surface area contributed by atoms with E-state index in [4.69, 9.17) is 30.5 Å². The molecule has 0 heterocycles. The van der Waals surface area contributed by atoms with E-state index >= 15 is 0 Å². The van der Waals surface area contributed by atoms with Crippen LogP contribution in [0.3, 0.4) is 0 Å². The minimum atomic E-state index is -0.124. The maximum absolute atomic E-state index is 12.2. The van der Waals surface area contributed by atoms with Gasteiger partial charge in [0.05, 0.1) is 27.9 Å². The first-order valence-corrected chi connectivity index (χ1v) is 8.85. The molecule has 0 spiro atoms. The molecule has 0 aliphatic carbocycles. The molecule has 0 saturated heterocycles. The normalized spacial score (nSPS) is 10.3. The summed E-state index contributed by atoms with van der Waals surface area (Å²) < 4.78 is 21.5. The SMILES string of the molecule is COc1cc(NC(=O)CCCOc2ccc(Cl)cc2C)cc(OC)c1OC. The number of aryl methyl sites for hydroxylation is 1. The standard InChI is InChI=1S/C20H24ClNO5/c1-13-10-14(21)7-8-16(13)27-9-5-6-19(23)22-15-11-17(24-2)20(26-4)18(12-15)25-3/h7-8,10-12H,5-6,9H2,1-4H3,(H,22,23). The van der Waals surface area contributed by atoms with Gasteiger partial charge in [-0.1, -0.05) is 11.6 Å². The lowest BCUT2D eigenvalue weighted by Gasteiger charge is -2.14. The fraction of sp³-hybridized carbons (Fsp3) is 0.350. The first-order chi connectivity index (χ1) is 13.0. The fourth-order valence-corrected chi connectivity index (χ4v) is 2.79. The van der Waals surface area contributed by atoms with Crippen molar-refractivity contribution in [1.82, 2.24) is 0 Å². The third-order valence-corrected chi connectivity index (χ3v) is 4.13. The number of hydrogen-bond donors (Lipinski definition) is 1. The van der Waals surface area contributed by atoms with E-state index in [-0.39, 0.29) is 5.91 Å². The van der Waals surface area contributed by atoms with Crippen LogP contribution in [0.5, 0.6) is 23.0 Å². The van der Waals surface area contributed by atoms with Gasteiger partial charge in [0, 0.05) is 29.3 Å². The second-order valence-electron chi connectivity index (χ2n) is 5.82. The molecule has 0 aromatic heterocycles. The summed E-state index contributed by atoms with van der Waals surface area (Å²) in [6.45, 7) is 2.36. The van der Waals surface area contributed by atoms with Crippen LogP contribution >= 0.6 is 11.6 Å². The van der Waals surface area contributed by atoms with Crippen LogP contribution in [0.2, 0.25) is 5.02 Å². The topological polar surface area (TPSA) is 66.0 Å². The quantitative estimate of drug-likeness (QED) is 0.636. The molecule has 0 unspecified atom stereocenters. The van der Waals surface area contributed by atoms with E-state index in [0.29, 0.717) is 47.4 Å². The molecule has 27 heavy (non-hydrogen) atoms. The first kappa shape index (κ1) is 20.7. The molecule has 7 heteroatoms. The average Bonchev–Trinajstić information content (AvgIpc) is 2.65. The van der Waals surface area contributed by atoms with Gasteiger partial charge in [0.15, 0.2) is 11.5 Å². The highest BCUT2D eigenvalue weighted by Gasteiger charge is 2.14. The number of carbonyl (C=O) groups is 1. The molecule has 0 fully saturated rings. The molecule has 1 amide bonds. The Labute approximate surface area is 164 Å². The van der Waals surface area contributed by atoms with Crippen molar-refractivity contribution in [2.75, 3.05) is 33.3 Å². The van der Waals surface area contributed by atoms with Gasteiger partial charge < -0.3 is 24.3 Å². The predicted octanol–water partition coefficient (Wildman–Crippen LogP) is 4.47. The molecule has 146 valence electrons. The Hall–Kier alpha value is -2.60. The predicted molar refractivity (Wildman–Crippen MR) is 106 cm³/mol. The van der Waals surface area contributed by atoms with Crippen molar-refractivity contribution in [2.45, 2.75) is 19.8 Å². The molecule has 2 rings (SSSR count). The largest absolute Gasteiger partial charge is 0.493 e. The Kier molecular flexibility index (Phi) is 7.61. The summed E-state index contributed by atoms with van der Waals surface area (Å²) in [5.41, 5.74) is 1.54. The van der Waals surface area contributed by atoms with Crippen molar-refractivity contribution in [3.63, 3.8) is 0 Å². The zero-order valence-electron chi connectivity index (χ0n) is 15.9. The van der Waals surface area contributed by atoms with Crippen molar-refractivity contribution in [2.24, 2.45) is 0 Å². The van der Waals surface area contributed by atoms with Crippen molar-refractivity contribution in [3.8, 4) is 23.0 Å². The molecule has 1 N–H and O–H groups in total. The zero-order chi connectivity index (χ0) is 19.8. The van der Waals surface area contributed by atoms with E-state index in [1.165, 1.54) is 21.3 Å². The summed E-state index contributed by atoms with van der Waals surface area (Å²) >= 11 is 5.92. The lowest BCUT2D eigenvalue weighted by atomic mass is 10.2. The molecular formula is C20H24ClNO5. The molecule has 0 atom stereocenters. The number of nitrogens with one attached hydrogen (secondary N) is 1. The maximum atomic E-state index is 12.2. The summed E-state index contributed by atoms with van der Waals surface area (Å²) in [5.74, 6) is 2.08. The first-order valence-electron chi connectivity index (χ1n) is 8.47. The Morgan fingerprint density at radius 1 is 1.00 bits per heavy atom. The van der Waals surface area contributed by atoms with Gasteiger partial charge in [-0.15, -0.1) is 0 Å². The summed E-state index contributed by atoms with van der Waals surface area (Å²) in [7, 11) is 4.58. The second kappa shape index (κ2) is 9.92. The fourth-order valence-electron chi connectivity index (χ4n) is 2.57. The monoisotopic (exact) mass is 393 g/mol. The molecule has 0 bridgehead atoms. The summed E-state index contributed by atoms with van der Waals surface area (Å²) in [6.07, 6.45) is 0.904. The van der Waals surface area contributed by atoms with Crippen LogP contribution in [0, 0.1) is 6.92 Å². The molecule has 2 aromatic carbocycles. The minimum absolute atomic E-state index is 0.124. The number of methoxy groups -OCH3 is 3. The lowest BCUT2D eigenvalue weighted by Crippen LogP contribution is -2.13. The van der Waals surface area contributed by atoms with Gasteiger partial charge >= 0.3 is 0 Å². The summed E-state index contributed by atoms with van der Waals surface area (Å²) in [5, 5.41) is 3.50. The van der Waals surface area contributed by atoms with Crippen LogP contribution in [0.1, 0.15) is 18.4 Å². The summed E-state index contributed by atoms with van der Waals surface area (Å²) in [6, 6.07) is 8.82. The third kappa shape index (κ3) is 5.69. The third-order valence-electron chi connectivity index (χ3n) is 3.89. The number of amides is 1. The van der Waals surface area contributed by atoms with Crippen LogP contribution in [0.25, 0.3) is 0 Å². The van der Waals surface area contributed by atoms with Gasteiger partial charge in [-0.05, 0) is 37.1 Å². The minimum Gasteiger partial charge on any atom is -0.493 e. The Bertz CT molecular complexity index is 769. The van der Waals surface area contributed by atoms with Gasteiger partial charge in [0.1, 0.15) is 5.75 Å². The Morgan fingerprint density at radius 2 is 1.67 bits per heavy atom. The van der Waals surface area contributed by atoms with Gasteiger partial charge in [0.25, 0.3) is 0 Å². The zero-order valence-corrected chi connectivity index (χ0v) is 16.7. The van der Waals surface area contributed by atoms with Crippen molar-refractivity contribution < 1.29 is 23.7 Å². The van der Waals surface area contributed by atoms with E-state index in [2.05, 4.69) is 5.32 Å². The van der Waals surface area contributed by atoms with Crippen molar-refractivity contribution >= 4 is 23.2 Å². The molecular weight excluding hydrogens is 370 g/mol. The summed E-state index contributed by atoms with van der Waals surface area (Å²) in [4.78, 5) is 12.2. The van der Waals surface area contributed by atoms with Gasteiger partial charge in [-0.2, -0.15) is 0 Å². The van der Waals surface area contributed by atoms with E-state index in [1.54, 1.807) is 18.2 Å². The van der Waals surface area contributed by atoms with E-state index in [0.717, 1.165) is 11.3 Å². The number of carbonyl (C=O) groups excluding carboxylic acids is 1. The van der Waals surface area contributed by atoms with Crippen LogP contribution in [-0.4, -0.2) is 33.8 Å². The second-order valence-corrected chi connectivity index (χ2v) is 6.26. The van der Waals surface area contributed by atoms with Crippen LogP contribution in [-0.2, 0) is 4.79 Å². The number of benzene rings is 2. The number of rotatable bonds is 9. The molecule has 0 aliphatic heterocycles. The van der Waals surface area contributed by atoms with E-state index < -0.39 is 0 Å². The number of ether oxygens (including phenoxy) is 4. The van der Waals surface area contributed by atoms with Crippen LogP contribution in [0.4, 0.5) is 5.69 Å². The van der Waals surface area contributed by atoms with Crippen LogP contribution in [0.15, 0.2) is 30.3 Å². The highest BCUT2D eigenvalue weighted by Crippen LogP contribution is 2.39. The van der Waals surface area contributed by atoms with Gasteiger partial charge in [-0.25, -0.2) is 0 Å².